The summed E-state index contributed by atoms with van der Waals surface area (Å²) in [5.41, 5.74) is 0.655. The maximum atomic E-state index is 12.1. The number of hydrogen-bond donors (Lipinski definition) is 0. The molecule has 0 aromatic carbocycles. The lowest BCUT2D eigenvalue weighted by molar-refractivity contribution is -0.118. The van der Waals surface area contributed by atoms with Crippen molar-refractivity contribution in [1.29, 1.82) is 0 Å². The fourth-order valence-electron chi connectivity index (χ4n) is 2.49. The summed E-state index contributed by atoms with van der Waals surface area (Å²) in [7, 11) is 0. The third-order valence-electron chi connectivity index (χ3n) is 3.40. The number of carbonyl (C=O) groups is 1. The highest BCUT2D eigenvalue weighted by Gasteiger charge is 2.45. The van der Waals surface area contributed by atoms with Gasteiger partial charge < -0.3 is 4.74 Å². The number of allylic oxidation sites excluding steroid dienone is 1. The van der Waals surface area contributed by atoms with Crippen LogP contribution in [0.3, 0.4) is 0 Å². The quantitative estimate of drug-likeness (QED) is 0.617. The SMILES string of the molecule is C=CC1(C)COC2=C1C(=O)CC(C)(C)C2. The molecule has 0 spiro atoms. The summed E-state index contributed by atoms with van der Waals surface area (Å²) in [5, 5.41) is 0. The van der Waals surface area contributed by atoms with Crippen LogP contribution in [0.25, 0.3) is 0 Å². The van der Waals surface area contributed by atoms with Gasteiger partial charge in [0.2, 0.25) is 0 Å². The van der Waals surface area contributed by atoms with Crippen LogP contribution in [0.4, 0.5) is 0 Å². The zero-order valence-electron chi connectivity index (χ0n) is 9.72. The Bertz CT molecular complexity index is 363. The molecule has 1 unspecified atom stereocenters. The number of hydrogen-bond acceptors (Lipinski definition) is 2. The van der Waals surface area contributed by atoms with Crippen molar-refractivity contribution in [3.05, 3.63) is 24.0 Å². The van der Waals surface area contributed by atoms with Crippen LogP contribution in [0.1, 0.15) is 33.6 Å². The van der Waals surface area contributed by atoms with E-state index in [-0.39, 0.29) is 16.6 Å². The minimum absolute atomic E-state index is 0.0440. The Hall–Kier alpha value is -1.05. The molecule has 2 nitrogen and oxygen atoms in total. The van der Waals surface area contributed by atoms with Gasteiger partial charge in [0.05, 0.1) is 5.41 Å². The molecule has 2 rings (SSSR count). The third kappa shape index (κ3) is 1.52. The fourth-order valence-corrected chi connectivity index (χ4v) is 2.49. The van der Waals surface area contributed by atoms with Gasteiger partial charge in [-0.2, -0.15) is 0 Å². The molecule has 0 fully saturated rings. The minimum Gasteiger partial charge on any atom is -0.496 e. The van der Waals surface area contributed by atoms with Crippen LogP contribution < -0.4 is 0 Å². The van der Waals surface area contributed by atoms with Crippen LogP contribution in [0.5, 0.6) is 0 Å². The van der Waals surface area contributed by atoms with E-state index >= 15 is 0 Å². The maximum Gasteiger partial charge on any atom is 0.163 e. The van der Waals surface area contributed by atoms with Gasteiger partial charge in [-0.3, -0.25) is 4.79 Å². The molecule has 2 heteroatoms. The Morgan fingerprint density at radius 3 is 2.60 bits per heavy atom. The Balaban J connectivity index is 2.44. The smallest absolute Gasteiger partial charge is 0.163 e. The van der Waals surface area contributed by atoms with E-state index in [0.717, 1.165) is 17.8 Å². The number of rotatable bonds is 1. The average Bonchev–Trinajstić information content (AvgIpc) is 2.42. The van der Waals surface area contributed by atoms with E-state index in [9.17, 15) is 4.79 Å². The highest BCUT2D eigenvalue weighted by atomic mass is 16.5. The molecule has 1 atom stereocenters. The molecule has 0 aromatic rings. The van der Waals surface area contributed by atoms with E-state index in [1.807, 2.05) is 13.0 Å². The molecule has 1 aliphatic heterocycles. The third-order valence-corrected chi connectivity index (χ3v) is 3.40. The Labute approximate surface area is 91.0 Å². The molecule has 0 bridgehead atoms. The van der Waals surface area contributed by atoms with Gasteiger partial charge in [-0.1, -0.05) is 19.9 Å². The lowest BCUT2D eigenvalue weighted by atomic mass is 9.70. The standard InChI is InChI=1S/C13H18O2/c1-5-13(4)8-15-10-7-12(2,3)6-9(14)11(10)13/h5H,1,6-8H2,2-4H3. The van der Waals surface area contributed by atoms with E-state index in [4.69, 9.17) is 4.74 Å². The van der Waals surface area contributed by atoms with Gasteiger partial charge in [0, 0.05) is 18.4 Å². The number of Topliss-reactive ketones (excluding diaryl/α,β-unsaturated/α-hetero) is 1. The van der Waals surface area contributed by atoms with Crippen LogP contribution in [-0.2, 0) is 9.53 Å². The molecule has 0 radical (unpaired) electrons. The van der Waals surface area contributed by atoms with Crippen molar-refractivity contribution < 1.29 is 9.53 Å². The topological polar surface area (TPSA) is 26.3 Å². The van der Waals surface area contributed by atoms with Crippen LogP contribution in [-0.4, -0.2) is 12.4 Å². The molecule has 15 heavy (non-hydrogen) atoms. The summed E-state index contributed by atoms with van der Waals surface area (Å²) in [6.07, 6.45) is 3.34. The molecule has 0 aromatic heterocycles. The van der Waals surface area contributed by atoms with Gasteiger partial charge >= 0.3 is 0 Å². The lowest BCUT2D eigenvalue weighted by Gasteiger charge is -2.30. The van der Waals surface area contributed by atoms with Crippen molar-refractivity contribution in [3.8, 4) is 0 Å². The summed E-state index contributed by atoms with van der Waals surface area (Å²) < 4.78 is 5.66. The van der Waals surface area contributed by atoms with Crippen LogP contribution in [0, 0.1) is 10.8 Å². The lowest BCUT2D eigenvalue weighted by Crippen LogP contribution is -2.29. The van der Waals surface area contributed by atoms with E-state index in [2.05, 4.69) is 20.4 Å². The second-order valence-electron chi connectivity index (χ2n) is 5.65. The second kappa shape index (κ2) is 2.97. The van der Waals surface area contributed by atoms with Gasteiger partial charge in [0.25, 0.3) is 0 Å². The zero-order chi connectivity index (χ0) is 11.3. The van der Waals surface area contributed by atoms with Gasteiger partial charge in [-0.25, -0.2) is 0 Å². The van der Waals surface area contributed by atoms with Crippen LogP contribution in [0.2, 0.25) is 0 Å². The summed E-state index contributed by atoms with van der Waals surface area (Å²) >= 11 is 0. The molecule has 2 aliphatic rings. The van der Waals surface area contributed by atoms with E-state index in [0.29, 0.717) is 13.0 Å². The van der Waals surface area contributed by atoms with E-state index < -0.39 is 0 Å². The Morgan fingerprint density at radius 1 is 1.33 bits per heavy atom. The summed E-state index contributed by atoms with van der Waals surface area (Å²) in [5.74, 6) is 1.14. The second-order valence-corrected chi connectivity index (χ2v) is 5.65. The van der Waals surface area contributed by atoms with Gasteiger partial charge in [-0.15, -0.1) is 6.58 Å². The highest BCUT2D eigenvalue weighted by Crippen LogP contribution is 2.48. The van der Waals surface area contributed by atoms with Crippen molar-refractivity contribution in [2.75, 3.05) is 6.61 Å². The first-order valence-electron chi connectivity index (χ1n) is 5.41. The van der Waals surface area contributed by atoms with E-state index in [1.54, 1.807) is 0 Å². The fraction of sp³-hybridized carbons (Fsp3) is 0.615. The Morgan fingerprint density at radius 2 is 2.00 bits per heavy atom. The highest BCUT2D eigenvalue weighted by molar-refractivity contribution is 5.99. The molecule has 82 valence electrons. The normalized spacial score (nSPS) is 33.7. The van der Waals surface area contributed by atoms with Crippen molar-refractivity contribution in [2.45, 2.75) is 33.6 Å². The molecule has 0 amide bonds. The summed E-state index contributed by atoms with van der Waals surface area (Å²) in [6.45, 7) is 10.6. The van der Waals surface area contributed by atoms with Gasteiger partial charge in [0.15, 0.2) is 5.78 Å². The maximum absolute atomic E-state index is 12.1. The molecular formula is C13H18O2. The number of ether oxygens (including phenoxy) is 1. The average molecular weight is 206 g/mol. The summed E-state index contributed by atoms with van der Waals surface area (Å²) in [4.78, 5) is 12.1. The van der Waals surface area contributed by atoms with Crippen molar-refractivity contribution in [2.24, 2.45) is 10.8 Å². The zero-order valence-corrected chi connectivity index (χ0v) is 9.72. The predicted octanol–water partition coefficient (Wildman–Crippen LogP) is 2.85. The number of ketones is 1. The summed E-state index contributed by atoms with van der Waals surface area (Å²) in [6, 6.07) is 0. The van der Waals surface area contributed by atoms with Crippen molar-refractivity contribution in [3.63, 3.8) is 0 Å². The first-order valence-corrected chi connectivity index (χ1v) is 5.41. The van der Waals surface area contributed by atoms with Gasteiger partial charge in [0.1, 0.15) is 12.4 Å². The number of carbonyl (C=O) groups excluding carboxylic acids is 1. The van der Waals surface area contributed by atoms with Crippen molar-refractivity contribution in [1.82, 2.24) is 0 Å². The molecule has 1 aliphatic carbocycles. The monoisotopic (exact) mass is 206 g/mol. The first-order chi connectivity index (χ1) is 6.88. The van der Waals surface area contributed by atoms with Crippen LogP contribution in [0.15, 0.2) is 24.0 Å². The predicted molar refractivity (Wildman–Crippen MR) is 59.3 cm³/mol. The largest absolute Gasteiger partial charge is 0.496 e. The molecule has 1 heterocycles. The van der Waals surface area contributed by atoms with Crippen molar-refractivity contribution >= 4 is 5.78 Å². The van der Waals surface area contributed by atoms with Crippen LogP contribution >= 0.6 is 0 Å². The molecule has 0 N–H and O–H groups in total. The molecule has 0 saturated heterocycles. The minimum atomic E-state index is -0.261. The molecule has 0 saturated carbocycles. The Kier molecular flexibility index (Phi) is 2.07. The first kappa shape index (κ1) is 10.5. The van der Waals surface area contributed by atoms with Gasteiger partial charge in [-0.05, 0) is 12.3 Å². The van der Waals surface area contributed by atoms with E-state index in [1.165, 1.54) is 0 Å². The molecular weight excluding hydrogens is 188 g/mol.